The van der Waals surface area contributed by atoms with E-state index in [0.717, 1.165) is 44.2 Å². The van der Waals surface area contributed by atoms with Crippen LogP contribution < -0.4 is 30.3 Å². The van der Waals surface area contributed by atoms with Gasteiger partial charge in [-0.25, -0.2) is 9.97 Å². The van der Waals surface area contributed by atoms with E-state index in [2.05, 4.69) is 54.2 Å². The number of carbonyl (C=O) groups is 1. The van der Waals surface area contributed by atoms with Gasteiger partial charge in [0.25, 0.3) is 0 Å². The number of hydrogen-bond donors (Lipinski definition) is 3. The molecule has 5 rings (SSSR count). The van der Waals surface area contributed by atoms with E-state index >= 15 is 0 Å². The molecule has 0 spiro atoms. The second kappa shape index (κ2) is 14.1. The Hall–Kier alpha value is -4.81. The Balaban J connectivity index is 1.40. The Bertz CT molecular complexity index is 1620. The van der Waals surface area contributed by atoms with E-state index in [9.17, 15) is 4.79 Å². The van der Waals surface area contributed by atoms with E-state index in [1.807, 2.05) is 54.2 Å². The van der Waals surface area contributed by atoms with Crippen LogP contribution in [-0.2, 0) is 18.4 Å². The topological polar surface area (TPSA) is 122 Å². The summed E-state index contributed by atoms with van der Waals surface area (Å²) in [5, 5.41) is 9.75. The largest absolute Gasteiger partial charge is 0.494 e. The number of aromatic nitrogens is 4. The Labute approximate surface area is 261 Å². The first-order valence-electron chi connectivity index (χ1n) is 14.3. The number of amides is 1. The van der Waals surface area contributed by atoms with E-state index in [0.29, 0.717) is 46.0 Å². The first-order valence-corrected chi connectivity index (χ1v) is 14.6. The highest BCUT2D eigenvalue weighted by Gasteiger charge is 2.22. The minimum Gasteiger partial charge on any atom is -0.494 e. The number of nitrogens with one attached hydrogen (secondary N) is 3. The number of aryl methyl sites for hydroxylation is 1. The second-order valence-electron chi connectivity index (χ2n) is 10.1. The summed E-state index contributed by atoms with van der Waals surface area (Å²) in [5.74, 6) is 2.30. The standard InChI is InChI=1S/C31H36ClN9O3/c1-5-29(42)35-23-17-24(27(43-4)18-25(23)41-15-13-40(6-2)14-16-41)37-31-34-19-21(32)30(38-31)36-22-9-7-8-10-26(22)44-20-28-33-11-12-39(28)3/h5,7-12,17-19H,1,6,13-16,20H2,2-4H3,(H,35,42)(H2,34,36,37,38). The van der Waals surface area contributed by atoms with Crippen LogP contribution in [0.4, 0.5) is 34.5 Å². The molecule has 1 aliphatic heterocycles. The number of para-hydroxylation sites is 2. The van der Waals surface area contributed by atoms with E-state index in [1.54, 1.807) is 13.3 Å². The average molecular weight is 618 g/mol. The van der Waals surface area contributed by atoms with Crippen LogP contribution in [0.2, 0.25) is 5.02 Å². The molecule has 13 heteroatoms. The number of hydrogen-bond acceptors (Lipinski definition) is 10. The predicted molar refractivity (Wildman–Crippen MR) is 174 cm³/mol. The molecule has 12 nitrogen and oxygen atoms in total. The fraction of sp³-hybridized carbons (Fsp3) is 0.290. The van der Waals surface area contributed by atoms with Crippen LogP contribution >= 0.6 is 11.6 Å². The highest BCUT2D eigenvalue weighted by atomic mass is 35.5. The fourth-order valence-electron chi connectivity index (χ4n) is 4.82. The highest BCUT2D eigenvalue weighted by Crippen LogP contribution is 2.39. The molecule has 1 saturated heterocycles. The van der Waals surface area contributed by atoms with E-state index in [1.165, 1.54) is 12.3 Å². The van der Waals surface area contributed by atoms with Crippen LogP contribution in [0.25, 0.3) is 0 Å². The van der Waals surface area contributed by atoms with Gasteiger partial charge in [0.05, 0.1) is 36.1 Å². The summed E-state index contributed by atoms with van der Waals surface area (Å²) >= 11 is 6.51. The summed E-state index contributed by atoms with van der Waals surface area (Å²) in [7, 11) is 3.51. The molecule has 3 N–H and O–H groups in total. The molecule has 0 unspecified atom stereocenters. The average Bonchev–Trinajstić information content (AvgIpc) is 3.46. The van der Waals surface area contributed by atoms with Crippen molar-refractivity contribution in [3.8, 4) is 11.5 Å². The molecule has 1 fully saturated rings. The van der Waals surface area contributed by atoms with Crippen molar-refractivity contribution in [3.63, 3.8) is 0 Å². The molecule has 1 aliphatic rings. The van der Waals surface area contributed by atoms with Crippen molar-refractivity contribution in [3.05, 3.63) is 78.5 Å². The van der Waals surface area contributed by atoms with Gasteiger partial charge in [-0.15, -0.1) is 0 Å². The van der Waals surface area contributed by atoms with Gasteiger partial charge >= 0.3 is 0 Å². The molecule has 0 radical (unpaired) electrons. The maximum absolute atomic E-state index is 12.4. The number of halogens is 1. The van der Waals surface area contributed by atoms with Gasteiger partial charge < -0.3 is 39.8 Å². The lowest BCUT2D eigenvalue weighted by Crippen LogP contribution is -2.46. The molecule has 1 amide bonds. The summed E-state index contributed by atoms with van der Waals surface area (Å²) in [6, 6.07) is 11.2. The normalized spacial score (nSPS) is 13.3. The zero-order chi connectivity index (χ0) is 31.1. The molecule has 4 aromatic rings. The molecule has 0 aliphatic carbocycles. The molecule has 44 heavy (non-hydrogen) atoms. The molecule has 0 saturated carbocycles. The molecule has 2 aromatic carbocycles. The van der Waals surface area contributed by atoms with Crippen LogP contribution in [0.3, 0.4) is 0 Å². The number of piperazine rings is 1. The number of benzene rings is 2. The number of imidazole rings is 1. The SMILES string of the molecule is C=CC(=O)Nc1cc(Nc2ncc(Cl)c(Nc3ccccc3OCc3nccn3C)n2)c(OC)cc1N1CCN(CC)CC1. The number of rotatable bonds is 12. The van der Waals surface area contributed by atoms with E-state index in [4.69, 9.17) is 21.1 Å². The molecule has 3 heterocycles. The third kappa shape index (κ3) is 7.21. The predicted octanol–water partition coefficient (Wildman–Crippen LogP) is 5.20. The van der Waals surface area contributed by atoms with Crippen LogP contribution in [0, 0.1) is 0 Å². The van der Waals surface area contributed by atoms with E-state index in [-0.39, 0.29) is 11.9 Å². The van der Waals surface area contributed by atoms with Crippen LogP contribution in [-0.4, -0.2) is 70.2 Å². The van der Waals surface area contributed by atoms with Gasteiger partial charge in [0.15, 0.2) is 5.82 Å². The first-order chi connectivity index (χ1) is 21.4. The summed E-state index contributed by atoms with van der Waals surface area (Å²) in [6.07, 6.45) is 6.34. The third-order valence-electron chi connectivity index (χ3n) is 7.33. The van der Waals surface area contributed by atoms with Crippen molar-refractivity contribution < 1.29 is 14.3 Å². The number of nitrogens with zero attached hydrogens (tertiary/aromatic N) is 6. The molecular weight excluding hydrogens is 582 g/mol. The number of methoxy groups -OCH3 is 1. The molecular formula is C31H36ClN9O3. The maximum atomic E-state index is 12.4. The first kappa shape index (κ1) is 30.6. The van der Waals surface area contributed by atoms with Crippen molar-refractivity contribution in [2.75, 3.05) is 60.7 Å². The molecule has 2 aromatic heterocycles. The van der Waals surface area contributed by atoms with Crippen molar-refractivity contribution in [2.24, 2.45) is 7.05 Å². The van der Waals surface area contributed by atoms with Gasteiger partial charge in [-0.2, -0.15) is 4.98 Å². The summed E-state index contributed by atoms with van der Waals surface area (Å²) in [6.45, 7) is 10.6. The Morgan fingerprint density at radius 1 is 1.07 bits per heavy atom. The number of ether oxygens (including phenoxy) is 2. The van der Waals surface area contributed by atoms with E-state index < -0.39 is 0 Å². The zero-order valence-corrected chi connectivity index (χ0v) is 25.8. The van der Waals surface area contributed by atoms with Crippen LogP contribution in [0.15, 0.2) is 67.6 Å². The van der Waals surface area contributed by atoms with Gasteiger partial charge in [-0.05, 0) is 30.8 Å². The highest BCUT2D eigenvalue weighted by molar-refractivity contribution is 6.33. The van der Waals surface area contributed by atoms with Gasteiger partial charge in [0, 0.05) is 51.7 Å². The van der Waals surface area contributed by atoms with Crippen molar-refractivity contribution >= 4 is 52.0 Å². The zero-order valence-electron chi connectivity index (χ0n) is 25.0. The lowest BCUT2D eigenvalue weighted by molar-refractivity contribution is -0.111. The number of likely N-dealkylation sites (N-methyl/N-ethyl adjacent to an activating group) is 1. The Morgan fingerprint density at radius 3 is 2.57 bits per heavy atom. The fourth-order valence-corrected chi connectivity index (χ4v) is 4.96. The lowest BCUT2D eigenvalue weighted by Gasteiger charge is -2.36. The quantitative estimate of drug-likeness (QED) is 0.183. The van der Waals surface area contributed by atoms with Crippen molar-refractivity contribution in [1.82, 2.24) is 24.4 Å². The third-order valence-corrected chi connectivity index (χ3v) is 7.61. The van der Waals surface area contributed by atoms with Gasteiger partial charge in [-0.3, -0.25) is 4.79 Å². The smallest absolute Gasteiger partial charge is 0.247 e. The molecule has 0 atom stereocenters. The monoisotopic (exact) mass is 617 g/mol. The lowest BCUT2D eigenvalue weighted by atomic mass is 10.1. The number of carbonyl (C=O) groups excluding carboxylic acids is 1. The van der Waals surface area contributed by atoms with Crippen LogP contribution in [0.5, 0.6) is 11.5 Å². The maximum Gasteiger partial charge on any atom is 0.247 e. The minimum atomic E-state index is -0.312. The van der Waals surface area contributed by atoms with Gasteiger partial charge in [0.1, 0.15) is 29.0 Å². The summed E-state index contributed by atoms with van der Waals surface area (Å²) in [4.78, 5) is 30.3. The Morgan fingerprint density at radius 2 is 1.86 bits per heavy atom. The summed E-state index contributed by atoms with van der Waals surface area (Å²) in [5.41, 5.74) is 2.72. The van der Waals surface area contributed by atoms with Crippen molar-refractivity contribution in [2.45, 2.75) is 13.5 Å². The molecule has 230 valence electrons. The summed E-state index contributed by atoms with van der Waals surface area (Å²) < 4.78 is 13.7. The minimum absolute atomic E-state index is 0.270. The van der Waals surface area contributed by atoms with Gasteiger partial charge in [0.2, 0.25) is 11.9 Å². The number of anilines is 6. The molecule has 0 bridgehead atoms. The Kier molecular flexibility index (Phi) is 9.82. The van der Waals surface area contributed by atoms with Gasteiger partial charge in [-0.1, -0.05) is 37.2 Å². The second-order valence-corrected chi connectivity index (χ2v) is 10.5. The van der Waals surface area contributed by atoms with Crippen molar-refractivity contribution in [1.29, 1.82) is 0 Å². The van der Waals surface area contributed by atoms with Crippen LogP contribution in [0.1, 0.15) is 12.7 Å².